The third-order valence-corrected chi connectivity index (χ3v) is 6.04. The molecule has 1 fully saturated rings. The molecule has 154 valence electrons. The van der Waals surface area contributed by atoms with Crippen molar-refractivity contribution in [3.8, 4) is 11.5 Å². The topological polar surface area (TPSA) is 49.6 Å². The summed E-state index contributed by atoms with van der Waals surface area (Å²) >= 11 is 0. The summed E-state index contributed by atoms with van der Waals surface area (Å²) in [5, 5.41) is 0. The summed E-state index contributed by atoms with van der Waals surface area (Å²) in [6.07, 6.45) is 4.48. The van der Waals surface area contributed by atoms with Crippen LogP contribution in [-0.2, 0) is 24.3 Å². The molecule has 1 atom stereocenters. The third-order valence-electron chi connectivity index (χ3n) is 6.04. The Morgan fingerprint density at radius 1 is 1.10 bits per heavy atom. The van der Waals surface area contributed by atoms with Gasteiger partial charge in [0.2, 0.25) is 11.8 Å². The van der Waals surface area contributed by atoms with Gasteiger partial charge in [0.15, 0.2) is 0 Å². The minimum atomic E-state index is -0.323. The summed E-state index contributed by atoms with van der Waals surface area (Å²) in [5.74, 6) is 0.274. The first-order valence-electron chi connectivity index (χ1n) is 10.5. The van der Waals surface area contributed by atoms with Crippen molar-refractivity contribution >= 4 is 5.91 Å². The first-order valence-corrected chi connectivity index (χ1v) is 10.5. The molecule has 5 nitrogen and oxygen atoms in total. The summed E-state index contributed by atoms with van der Waals surface area (Å²) in [7, 11) is 0. The molecule has 0 aliphatic carbocycles. The highest BCUT2D eigenvalue weighted by Gasteiger charge is 2.35. The quantitative estimate of drug-likeness (QED) is 0.658. The smallest absolute Gasteiger partial charge is 0.240 e. The number of likely N-dealkylation sites (tertiary alicyclic amines) is 1. The fourth-order valence-electron chi connectivity index (χ4n) is 4.48. The summed E-state index contributed by atoms with van der Waals surface area (Å²) in [4.78, 5) is 22.0. The van der Waals surface area contributed by atoms with Gasteiger partial charge in [-0.2, -0.15) is 0 Å². The van der Waals surface area contributed by atoms with Gasteiger partial charge in [-0.25, -0.2) is 9.37 Å². The van der Waals surface area contributed by atoms with Crippen molar-refractivity contribution in [2.45, 2.75) is 38.4 Å². The maximum atomic E-state index is 13.5. The molecule has 1 saturated heterocycles. The van der Waals surface area contributed by atoms with Crippen molar-refractivity contribution in [1.82, 2.24) is 14.8 Å². The van der Waals surface area contributed by atoms with Crippen LogP contribution in [0.3, 0.4) is 0 Å². The standard InChI is InChI=1S/C24H24FN3O2/c25-20-9-5-8-18(12-20)23-26-21(16-30-23)15-28-14-19-7-2-1-6-17(19)13-22(28)24(29)27-10-3-4-11-27/h1-2,5-9,12,16,22H,3-4,10-11,13-15H2. The van der Waals surface area contributed by atoms with Crippen molar-refractivity contribution in [1.29, 1.82) is 0 Å². The minimum absolute atomic E-state index is 0.202. The van der Waals surface area contributed by atoms with Crippen LogP contribution in [0.5, 0.6) is 0 Å². The molecule has 1 unspecified atom stereocenters. The van der Waals surface area contributed by atoms with Crippen molar-refractivity contribution in [3.05, 3.63) is 77.4 Å². The van der Waals surface area contributed by atoms with Crippen LogP contribution in [0, 0.1) is 5.82 Å². The molecule has 1 amide bonds. The molecule has 0 spiro atoms. The molecule has 2 aromatic carbocycles. The lowest BCUT2D eigenvalue weighted by atomic mass is 9.93. The number of amides is 1. The van der Waals surface area contributed by atoms with Gasteiger partial charge in [-0.05, 0) is 48.6 Å². The Kier molecular flexibility index (Phi) is 5.09. The molecule has 0 N–H and O–H groups in total. The zero-order chi connectivity index (χ0) is 20.5. The largest absolute Gasteiger partial charge is 0.444 e. The van der Waals surface area contributed by atoms with Gasteiger partial charge < -0.3 is 9.32 Å². The minimum Gasteiger partial charge on any atom is -0.444 e. The van der Waals surface area contributed by atoms with E-state index in [9.17, 15) is 9.18 Å². The average molecular weight is 405 g/mol. The van der Waals surface area contributed by atoms with Crippen LogP contribution < -0.4 is 0 Å². The van der Waals surface area contributed by atoms with Crippen LogP contribution >= 0.6 is 0 Å². The van der Waals surface area contributed by atoms with Gasteiger partial charge in [0.05, 0.1) is 11.7 Å². The normalized spacial score (nSPS) is 19.1. The fourth-order valence-corrected chi connectivity index (χ4v) is 4.48. The maximum absolute atomic E-state index is 13.5. The van der Waals surface area contributed by atoms with E-state index in [2.05, 4.69) is 22.0 Å². The zero-order valence-electron chi connectivity index (χ0n) is 16.8. The molecule has 0 saturated carbocycles. The monoisotopic (exact) mass is 405 g/mol. The van der Waals surface area contributed by atoms with Crippen LogP contribution in [0.1, 0.15) is 29.7 Å². The second-order valence-electron chi connectivity index (χ2n) is 8.08. The Labute approximate surface area is 175 Å². The second kappa shape index (κ2) is 8.03. The summed E-state index contributed by atoms with van der Waals surface area (Å²) in [6.45, 7) is 2.90. The van der Waals surface area contributed by atoms with Gasteiger partial charge in [0.25, 0.3) is 0 Å². The highest BCUT2D eigenvalue weighted by atomic mass is 19.1. The molecular weight excluding hydrogens is 381 g/mol. The van der Waals surface area contributed by atoms with Crippen LogP contribution in [0.25, 0.3) is 11.5 Å². The first kappa shape index (κ1) is 19.0. The van der Waals surface area contributed by atoms with E-state index in [0.29, 0.717) is 31.0 Å². The summed E-state index contributed by atoms with van der Waals surface area (Å²) in [6, 6.07) is 14.3. The van der Waals surface area contributed by atoms with Gasteiger partial charge >= 0.3 is 0 Å². The van der Waals surface area contributed by atoms with Crippen molar-refractivity contribution < 1.29 is 13.6 Å². The molecule has 2 aliphatic heterocycles. The number of carbonyl (C=O) groups is 1. The Morgan fingerprint density at radius 3 is 2.70 bits per heavy atom. The predicted octanol–water partition coefficient (Wildman–Crippen LogP) is 4.03. The summed E-state index contributed by atoms with van der Waals surface area (Å²) < 4.78 is 19.2. The van der Waals surface area contributed by atoms with Gasteiger partial charge in [-0.15, -0.1) is 0 Å². The predicted molar refractivity (Wildman–Crippen MR) is 111 cm³/mol. The van der Waals surface area contributed by atoms with Crippen LogP contribution in [0.2, 0.25) is 0 Å². The van der Waals surface area contributed by atoms with E-state index in [1.165, 1.54) is 23.3 Å². The number of hydrogen-bond donors (Lipinski definition) is 0. The van der Waals surface area contributed by atoms with Gasteiger partial charge in [0, 0.05) is 31.7 Å². The van der Waals surface area contributed by atoms with Crippen LogP contribution in [-0.4, -0.2) is 39.8 Å². The molecule has 30 heavy (non-hydrogen) atoms. The Morgan fingerprint density at radius 2 is 1.90 bits per heavy atom. The number of rotatable bonds is 4. The van der Waals surface area contributed by atoms with E-state index < -0.39 is 0 Å². The molecule has 1 aromatic heterocycles. The lowest BCUT2D eigenvalue weighted by Gasteiger charge is -2.37. The Balaban J connectivity index is 1.40. The number of benzene rings is 2. The van der Waals surface area contributed by atoms with E-state index in [4.69, 9.17) is 4.42 Å². The second-order valence-corrected chi connectivity index (χ2v) is 8.08. The fraction of sp³-hybridized carbons (Fsp3) is 0.333. The number of oxazole rings is 1. The number of halogens is 1. The van der Waals surface area contributed by atoms with Crippen LogP contribution in [0.4, 0.5) is 4.39 Å². The van der Waals surface area contributed by atoms with Gasteiger partial charge in [-0.1, -0.05) is 30.3 Å². The van der Waals surface area contributed by atoms with Crippen molar-refractivity contribution in [2.24, 2.45) is 0 Å². The molecular formula is C24H24FN3O2. The van der Waals surface area contributed by atoms with E-state index in [1.807, 2.05) is 17.0 Å². The highest BCUT2D eigenvalue weighted by Crippen LogP contribution is 2.28. The van der Waals surface area contributed by atoms with Gasteiger partial charge in [0.1, 0.15) is 12.1 Å². The van der Waals surface area contributed by atoms with E-state index in [0.717, 1.165) is 31.6 Å². The molecule has 2 aliphatic rings. The molecule has 5 rings (SSSR count). The number of aromatic nitrogens is 1. The van der Waals surface area contributed by atoms with E-state index in [1.54, 1.807) is 18.4 Å². The van der Waals surface area contributed by atoms with Gasteiger partial charge in [-0.3, -0.25) is 9.69 Å². The third kappa shape index (κ3) is 3.75. The maximum Gasteiger partial charge on any atom is 0.240 e. The molecule has 3 heterocycles. The SMILES string of the molecule is O=C(C1Cc2ccccc2CN1Cc1coc(-c2cccc(F)c2)n1)N1CCCC1. The van der Waals surface area contributed by atoms with E-state index in [-0.39, 0.29) is 17.8 Å². The number of hydrogen-bond acceptors (Lipinski definition) is 4. The van der Waals surface area contributed by atoms with Crippen molar-refractivity contribution in [2.75, 3.05) is 13.1 Å². The average Bonchev–Trinajstić information content (AvgIpc) is 3.45. The molecule has 0 radical (unpaired) electrons. The molecule has 6 heteroatoms. The molecule has 3 aromatic rings. The first-order chi connectivity index (χ1) is 14.7. The lowest BCUT2D eigenvalue weighted by molar-refractivity contribution is -0.136. The lowest BCUT2D eigenvalue weighted by Crippen LogP contribution is -2.50. The number of fused-ring (bicyclic) bond motifs is 1. The summed E-state index contributed by atoms with van der Waals surface area (Å²) in [5.41, 5.74) is 3.84. The number of carbonyl (C=O) groups excluding carboxylic acids is 1. The van der Waals surface area contributed by atoms with Crippen LogP contribution in [0.15, 0.2) is 59.2 Å². The Bertz CT molecular complexity index is 1060. The van der Waals surface area contributed by atoms with Crippen molar-refractivity contribution in [3.63, 3.8) is 0 Å². The van der Waals surface area contributed by atoms with E-state index >= 15 is 0 Å². The number of nitrogens with zero attached hydrogens (tertiary/aromatic N) is 3. The zero-order valence-corrected chi connectivity index (χ0v) is 16.8. The molecule has 0 bridgehead atoms. The highest BCUT2D eigenvalue weighted by molar-refractivity contribution is 5.83. The Hall–Kier alpha value is -2.99.